The van der Waals surface area contributed by atoms with Crippen molar-refractivity contribution < 1.29 is 38.1 Å². The van der Waals surface area contributed by atoms with E-state index in [0.717, 1.165) is 15.0 Å². The maximum atomic E-state index is 13.4. The van der Waals surface area contributed by atoms with Gasteiger partial charge in [0.25, 0.3) is 0 Å². The van der Waals surface area contributed by atoms with E-state index in [9.17, 15) is 19.2 Å². The number of hydrogen-bond donors (Lipinski definition) is 1. The zero-order valence-electron chi connectivity index (χ0n) is 25.5. The Morgan fingerprint density at radius 3 is 1.70 bits per heavy atom. The number of benzene rings is 1. The minimum atomic E-state index is -0.907. The predicted molar refractivity (Wildman–Crippen MR) is 150 cm³/mol. The number of fused-ring (bicyclic) bond motifs is 1. The predicted octanol–water partition coefficient (Wildman–Crippen LogP) is 6.75. The Kier molecular flexibility index (Phi) is 9.08. The fourth-order valence-corrected chi connectivity index (χ4v) is 3.19. The summed E-state index contributed by atoms with van der Waals surface area (Å²) in [6, 6.07) is 4.58. The summed E-state index contributed by atoms with van der Waals surface area (Å²) >= 11 is 0. The summed E-state index contributed by atoms with van der Waals surface area (Å²) in [6.45, 7) is 20.2. The van der Waals surface area contributed by atoms with Crippen LogP contribution in [0.4, 0.5) is 30.6 Å². The van der Waals surface area contributed by atoms with Gasteiger partial charge in [-0.3, -0.25) is 0 Å². The Bertz CT molecular complexity index is 1170. The van der Waals surface area contributed by atoms with Crippen LogP contribution in [0.1, 0.15) is 88.6 Å². The molecule has 1 heterocycles. The molecular weight excluding hydrogens is 520 g/mol. The lowest BCUT2D eigenvalue weighted by atomic mass is 10.1. The monoisotopic (exact) mass is 562 g/mol. The lowest BCUT2D eigenvalue weighted by Gasteiger charge is -2.37. The maximum absolute atomic E-state index is 13.4. The molecule has 0 fully saturated rings. The van der Waals surface area contributed by atoms with Crippen LogP contribution in [0.25, 0.3) is 6.08 Å². The first kappa shape index (κ1) is 32.3. The zero-order chi connectivity index (χ0) is 30.8. The molecule has 0 aliphatic carbocycles. The van der Waals surface area contributed by atoms with Crippen LogP contribution in [0, 0.1) is 0 Å². The van der Waals surface area contributed by atoms with Crippen molar-refractivity contribution >= 4 is 41.8 Å². The van der Waals surface area contributed by atoms with Crippen molar-refractivity contribution in [3.05, 3.63) is 30.0 Å². The second-order valence-electron chi connectivity index (χ2n) is 13.1. The Morgan fingerprint density at radius 1 is 0.700 bits per heavy atom. The molecule has 2 rings (SSSR count). The van der Waals surface area contributed by atoms with E-state index >= 15 is 0 Å². The van der Waals surface area contributed by atoms with E-state index in [1.807, 2.05) is 0 Å². The van der Waals surface area contributed by atoms with Crippen molar-refractivity contribution in [1.82, 2.24) is 10.4 Å². The van der Waals surface area contributed by atoms with Crippen LogP contribution < -0.4 is 15.4 Å². The van der Waals surface area contributed by atoms with Crippen molar-refractivity contribution in [2.24, 2.45) is 0 Å². The van der Waals surface area contributed by atoms with Gasteiger partial charge >= 0.3 is 24.4 Å². The number of nitrogens with one attached hydrogen (secondary N) is 1. The molecule has 0 atom stereocenters. The average Bonchev–Trinajstić information content (AvgIpc) is 2.71. The van der Waals surface area contributed by atoms with Crippen molar-refractivity contribution in [2.45, 2.75) is 105 Å². The Balaban J connectivity index is 2.63. The number of rotatable bonds is 1. The minimum absolute atomic E-state index is 0.117. The third-order valence-corrected chi connectivity index (χ3v) is 4.44. The SMILES string of the molecule is CC(C)(C)OC(=O)NN(C(=O)OC(C)(C)C)c1ccc2c(c1)N(C(=O)OC(C)(C)C)N(C(=O)OC(C)(C)C)C=C2. The molecule has 0 bridgehead atoms. The summed E-state index contributed by atoms with van der Waals surface area (Å²) in [6.07, 6.45) is -0.535. The van der Waals surface area contributed by atoms with E-state index in [1.165, 1.54) is 12.3 Å². The van der Waals surface area contributed by atoms with Crippen LogP contribution in [0.3, 0.4) is 0 Å². The average molecular weight is 563 g/mol. The number of hydrazine groups is 2. The van der Waals surface area contributed by atoms with Gasteiger partial charge in [0.1, 0.15) is 22.4 Å². The van der Waals surface area contributed by atoms with Crippen LogP contribution in [0.15, 0.2) is 24.4 Å². The van der Waals surface area contributed by atoms with E-state index in [2.05, 4.69) is 5.43 Å². The van der Waals surface area contributed by atoms with Crippen LogP contribution in [0.5, 0.6) is 0 Å². The molecule has 0 radical (unpaired) electrons. The van der Waals surface area contributed by atoms with Gasteiger partial charge in [0.2, 0.25) is 0 Å². The van der Waals surface area contributed by atoms with E-state index in [1.54, 1.807) is 101 Å². The van der Waals surface area contributed by atoms with Crippen LogP contribution >= 0.6 is 0 Å². The molecule has 4 amide bonds. The number of carbonyl (C=O) groups is 4. The van der Waals surface area contributed by atoms with Gasteiger partial charge in [-0.05, 0) is 101 Å². The molecule has 12 heteroatoms. The second-order valence-corrected chi connectivity index (χ2v) is 13.1. The minimum Gasteiger partial charge on any atom is -0.443 e. The molecule has 0 saturated carbocycles. The van der Waals surface area contributed by atoms with Gasteiger partial charge in [0, 0.05) is 11.8 Å². The van der Waals surface area contributed by atoms with Gasteiger partial charge in [-0.25, -0.2) is 24.6 Å². The third kappa shape index (κ3) is 9.65. The summed E-state index contributed by atoms with van der Waals surface area (Å²) in [5.41, 5.74) is -0.247. The smallest absolute Gasteiger partial charge is 0.434 e. The Labute approximate surface area is 236 Å². The van der Waals surface area contributed by atoms with Crippen molar-refractivity contribution in [2.75, 3.05) is 10.0 Å². The summed E-state index contributed by atoms with van der Waals surface area (Å²) in [4.78, 5) is 52.4. The number of anilines is 2. The van der Waals surface area contributed by atoms with Crippen LogP contribution in [0.2, 0.25) is 0 Å². The first-order valence-electron chi connectivity index (χ1n) is 12.9. The zero-order valence-corrected chi connectivity index (χ0v) is 25.5. The number of ether oxygens (including phenoxy) is 4. The highest BCUT2D eigenvalue weighted by atomic mass is 16.6. The van der Waals surface area contributed by atoms with Crippen molar-refractivity contribution in [3.8, 4) is 0 Å². The number of carbonyl (C=O) groups excluding carboxylic acids is 4. The van der Waals surface area contributed by atoms with E-state index in [4.69, 9.17) is 18.9 Å². The Hall–Kier alpha value is -3.96. The summed E-state index contributed by atoms with van der Waals surface area (Å²) in [5.74, 6) is 0. The van der Waals surface area contributed by atoms with E-state index < -0.39 is 46.8 Å². The summed E-state index contributed by atoms with van der Waals surface area (Å²) < 4.78 is 21.9. The molecule has 0 aromatic heterocycles. The van der Waals surface area contributed by atoms with Gasteiger partial charge in [0.15, 0.2) is 0 Å². The maximum Gasteiger partial charge on any atom is 0.434 e. The van der Waals surface area contributed by atoms with Crippen LogP contribution in [-0.2, 0) is 18.9 Å². The van der Waals surface area contributed by atoms with Gasteiger partial charge < -0.3 is 18.9 Å². The fourth-order valence-electron chi connectivity index (χ4n) is 3.19. The van der Waals surface area contributed by atoms with E-state index in [-0.39, 0.29) is 11.4 Å². The van der Waals surface area contributed by atoms with Crippen LogP contribution in [-0.4, -0.2) is 51.8 Å². The number of hydrogen-bond acceptors (Lipinski definition) is 8. The molecule has 1 aliphatic heterocycles. The third-order valence-electron chi connectivity index (χ3n) is 4.44. The van der Waals surface area contributed by atoms with Gasteiger partial charge in [-0.15, -0.1) is 0 Å². The largest absolute Gasteiger partial charge is 0.443 e. The highest BCUT2D eigenvalue weighted by Crippen LogP contribution is 2.34. The lowest BCUT2D eigenvalue weighted by Crippen LogP contribution is -2.52. The molecule has 1 N–H and O–H groups in total. The van der Waals surface area contributed by atoms with Gasteiger partial charge in [0.05, 0.1) is 11.4 Å². The highest BCUT2D eigenvalue weighted by Gasteiger charge is 2.37. The van der Waals surface area contributed by atoms with Crippen molar-refractivity contribution in [3.63, 3.8) is 0 Å². The first-order valence-corrected chi connectivity index (χ1v) is 12.9. The van der Waals surface area contributed by atoms with E-state index in [0.29, 0.717) is 5.56 Å². The van der Waals surface area contributed by atoms with Gasteiger partial charge in [-0.2, -0.15) is 15.0 Å². The fraction of sp³-hybridized carbons (Fsp3) is 0.571. The number of nitrogens with zero attached hydrogens (tertiary/aromatic N) is 3. The highest BCUT2D eigenvalue weighted by molar-refractivity contribution is 5.98. The second kappa shape index (κ2) is 11.3. The molecule has 12 nitrogen and oxygen atoms in total. The summed E-state index contributed by atoms with van der Waals surface area (Å²) in [7, 11) is 0. The topological polar surface area (TPSA) is 127 Å². The molecule has 1 aliphatic rings. The first-order chi connectivity index (χ1) is 18.0. The standard InChI is InChI=1S/C28H42N4O8/c1-25(2,3)37-21(33)29-31(23(35)39-27(7,8)9)19-14-13-18-15-16-30(22(34)38-26(4,5)6)32(20(18)17-19)24(36)40-28(10,11)12/h13-17H,1-12H3,(H,29,33). The molecular formula is C28H42N4O8. The Morgan fingerprint density at radius 2 is 1.20 bits per heavy atom. The quantitative estimate of drug-likeness (QED) is 0.294. The molecule has 1 aromatic rings. The molecule has 0 saturated heterocycles. The summed E-state index contributed by atoms with van der Waals surface area (Å²) in [5, 5.41) is 2.84. The normalized spacial score (nSPS) is 13.7. The molecule has 0 unspecified atom stereocenters. The van der Waals surface area contributed by atoms with Gasteiger partial charge in [-0.1, -0.05) is 6.07 Å². The molecule has 222 valence electrons. The number of amides is 4. The van der Waals surface area contributed by atoms with Crippen molar-refractivity contribution in [1.29, 1.82) is 0 Å². The lowest BCUT2D eigenvalue weighted by molar-refractivity contribution is 0.0220. The molecule has 40 heavy (non-hydrogen) atoms. The molecule has 0 spiro atoms. The molecule has 1 aromatic carbocycles.